The Bertz CT molecular complexity index is 809. The van der Waals surface area contributed by atoms with Crippen LogP contribution in [0.15, 0.2) is 42.5 Å². The predicted octanol–water partition coefficient (Wildman–Crippen LogP) is 3.37. The normalized spacial score (nSPS) is 17.7. The van der Waals surface area contributed by atoms with Gasteiger partial charge in [0.2, 0.25) is 5.91 Å². The zero-order chi connectivity index (χ0) is 17.9. The largest absolute Gasteiger partial charge is 0.352 e. The van der Waals surface area contributed by atoms with Crippen molar-refractivity contribution in [1.29, 1.82) is 0 Å². The maximum atomic E-state index is 12.4. The van der Waals surface area contributed by atoms with Crippen LogP contribution in [-0.4, -0.2) is 47.2 Å². The van der Waals surface area contributed by atoms with Crippen molar-refractivity contribution in [3.63, 3.8) is 0 Å². The molecule has 2 aromatic rings. The highest BCUT2D eigenvalue weighted by atomic mass is 35.5. The van der Waals surface area contributed by atoms with E-state index < -0.39 is 0 Å². The first-order valence-corrected chi connectivity index (χ1v) is 9.38. The van der Waals surface area contributed by atoms with Gasteiger partial charge >= 0.3 is 0 Å². The maximum Gasteiger partial charge on any atom is 0.246 e. The number of amides is 1. The van der Waals surface area contributed by atoms with E-state index in [9.17, 15) is 4.79 Å². The maximum absolute atomic E-state index is 12.4. The van der Waals surface area contributed by atoms with E-state index in [1.54, 1.807) is 12.2 Å². The highest BCUT2D eigenvalue weighted by Crippen LogP contribution is 2.38. The number of rotatable bonds is 4. The Morgan fingerprint density at radius 2 is 1.81 bits per heavy atom. The highest BCUT2D eigenvalue weighted by Gasteiger charge is 2.26. The lowest BCUT2D eigenvalue weighted by Gasteiger charge is -2.34. The molecule has 2 aliphatic rings. The molecule has 5 nitrogen and oxygen atoms in total. The number of aromatic nitrogens is 2. The molecule has 134 valence electrons. The minimum atomic E-state index is 0.0136. The van der Waals surface area contributed by atoms with Gasteiger partial charge in [0.05, 0.1) is 5.69 Å². The molecular weight excluding hydrogens is 348 g/mol. The topological polar surface area (TPSA) is 49.3 Å². The fraction of sp³-hybridized carbons (Fsp3) is 0.350. The third kappa shape index (κ3) is 3.88. The molecule has 0 unspecified atom stereocenters. The number of carbonyl (C=O) groups is 1. The van der Waals surface area contributed by atoms with Crippen LogP contribution in [0.2, 0.25) is 5.02 Å². The van der Waals surface area contributed by atoms with Crippen LogP contribution in [-0.2, 0) is 4.79 Å². The van der Waals surface area contributed by atoms with Crippen molar-refractivity contribution in [2.24, 2.45) is 0 Å². The zero-order valence-electron chi connectivity index (χ0n) is 14.5. The van der Waals surface area contributed by atoms with Crippen LogP contribution in [0.1, 0.15) is 30.0 Å². The van der Waals surface area contributed by atoms with Gasteiger partial charge in [0.15, 0.2) is 5.82 Å². The molecule has 4 rings (SSSR count). The van der Waals surface area contributed by atoms with Crippen LogP contribution >= 0.6 is 11.6 Å². The molecule has 6 heteroatoms. The SMILES string of the molecule is O=C(/C=C/c1ccccc1Cl)N1CCN(c2ccc(C3CC3)nn2)CC1. The van der Waals surface area contributed by atoms with Crippen molar-refractivity contribution >= 4 is 29.4 Å². The van der Waals surface area contributed by atoms with Gasteiger partial charge in [-0.25, -0.2) is 0 Å². The fourth-order valence-corrected chi connectivity index (χ4v) is 3.33. The van der Waals surface area contributed by atoms with E-state index in [-0.39, 0.29) is 5.91 Å². The number of benzene rings is 1. The van der Waals surface area contributed by atoms with E-state index in [0.717, 1.165) is 30.2 Å². The number of piperazine rings is 1. The van der Waals surface area contributed by atoms with Crippen LogP contribution in [0.5, 0.6) is 0 Å². The van der Waals surface area contributed by atoms with Gasteiger partial charge in [-0.2, -0.15) is 5.10 Å². The Balaban J connectivity index is 1.32. The molecule has 0 bridgehead atoms. The second-order valence-corrected chi connectivity index (χ2v) is 7.17. The smallest absolute Gasteiger partial charge is 0.246 e. The van der Waals surface area contributed by atoms with Crippen molar-refractivity contribution in [1.82, 2.24) is 15.1 Å². The number of halogens is 1. The molecule has 1 aliphatic carbocycles. The van der Waals surface area contributed by atoms with Gasteiger partial charge in [-0.1, -0.05) is 29.8 Å². The summed E-state index contributed by atoms with van der Waals surface area (Å²) in [6.07, 6.45) is 5.84. The first-order chi connectivity index (χ1) is 12.7. The minimum absolute atomic E-state index is 0.0136. The van der Waals surface area contributed by atoms with Crippen LogP contribution in [0.25, 0.3) is 6.08 Å². The van der Waals surface area contributed by atoms with Crippen LogP contribution in [0.4, 0.5) is 5.82 Å². The summed E-state index contributed by atoms with van der Waals surface area (Å²) in [4.78, 5) is 16.4. The molecule has 1 aromatic carbocycles. The number of hydrogen-bond acceptors (Lipinski definition) is 4. The molecule has 0 spiro atoms. The lowest BCUT2D eigenvalue weighted by Crippen LogP contribution is -2.48. The summed E-state index contributed by atoms with van der Waals surface area (Å²) in [6.45, 7) is 2.89. The number of carbonyl (C=O) groups excluding carboxylic acids is 1. The van der Waals surface area contributed by atoms with E-state index in [4.69, 9.17) is 11.6 Å². The van der Waals surface area contributed by atoms with E-state index in [1.165, 1.54) is 12.8 Å². The highest BCUT2D eigenvalue weighted by molar-refractivity contribution is 6.32. The lowest BCUT2D eigenvalue weighted by molar-refractivity contribution is -0.126. The Morgan fingerprint density at radius 1 is 1.04 bits per heavy atom. The molecule has 1 aromatic heterocycles. The summed E-state index contributed by atoms with van der Waals surface area (Å²) in [5, 5.41) is 9.36. The molecule has 0 N–H and O–H groups in total. The van der Waals surface area contributed by atoms with E-state index in [2.05, 4.69) is 27.2 Å². The van der Waals surface area contributed by atoms with Gasteiger partial charge < -0.3 is 9.80 Å². The standard InChI is InChI=1S/C20H21ClN4O/c21-17-4-2-1-3-15(17)7-10-20(26)25-13-11-24(12-14-25)19-9-8-18(22-23-19)16-5-6-16/h1-4,7-10,16H,5-6,11-14H2/b10-7+. The molecule has 1 saturated carbocycles. The first-order valence-electron chi connectivity index (χ1n) is 9.01. The molecule has 1 amide bonds. The van der Waals surface area contributed by atoms with Crippen LogP contribution < -0.4 is 4.90 Å². The Kier molecular flexibility index (Phi) is 4.89. The summed E-state index contributed by atoms with van der Waals surface area (Å²) in [5.74, 6) is 1.53. The number of anilines is 1. The van der Waals surface area contributed by atoms with Crippen molar-refractivity contribution in [3.8, 4) is 0 Å². The fourth-order valence-electron chi connectivity index (χ4n) is 3.13. The van der Waals surface area contributed by atoms with Gasteiger partial charge in [0, 0.05) is 43.2 Å². The minimum Gasteiger partial charge on any atom is -0.352 e. The predicted molar refractivity (Wildman–Crippen MR) is 103 cm³/mol. The molecule has 0 atom stereocenters. The zero-order valence-corrected chi connectivity index (χ0v) is 15.3. The third-order valence-electron chi connectivity index (χ3n) is 4.89. The van der Waals surface area contributed by atoms with Crippen molar-refractivity contribution < 1.29 is 4.79 Å². The van der Waals surface area contributed by atoms with Crippen molar-refractivity contribution in [2.45, 2.75) is 18.8 Å². The summed E-state index contributed by atoms with van der Waals surface area (Å²) >= 11 is 6.12. The number of nitrogens with zero attached hydrogens (tertiary/aromatic N) is 4. The molecule has 2 heterocycles. The van der Waals surface area contributed by atoms with E-state index in [0.29, 0.717) is 24.0 Å². The van der Waals surface area contributed by atoms with Crippen LogP contribution in [0.3, 0.4) is 0 Å². The molecule has 0 radical (unpaired) electrons. The van der Waals surface area contributed by atoms with E-state index in [1.807, 2.05) is 29.2 Å². The van der Waals surface area contributed by atoms with Gasteiger partial charge in [-0.3, -0.25) is 4.79 Å². The van der Waals surface area contributed by atoms with Crippen LogP contribution in [0, 0.1) is 0 Å². The van der Waals surface area contributed by atoms with Gasteiger partial charge in [0.1, 0.15) is 0 Å². The lowest BCUT2D eigenvalue weighted by atomic mass is 10.2. The molecule has 26 heavy (non-hydrogen) atoms. The summed E-state index contributed by atoms with van der Waals surface area (Å²) in [6, 6.07) is 11.6. The Hall–Kier alpha value is -2.40. The first kappa shape index (κ1) is 17.0. The Labute approximate surface area is 158 Å². The molecule has 2 fully saturated rings. The van der Waals surface area contributed by atoms with Gasteiger partial charge in [-0.15, -0.1) is 5.10 Å². The monoisotopic (exact) mass is 368 g/mol. The second kappa shape index (κ2) is 7.46. The second-order valence-electron chi connectivity index (χ2n) is 6.76. The molecule has 1 aliphatic heterocycles. The van der Waals surface area contributed by atoms with Crippen molar-refractivity contribution in [3.05, 3.63) is 58.8 Å². The summed E-state index contributed by atoms with van der Waals surface area (Å²) in [5.41, 5.74) is 1.96. The van der Waals surface area contributed by atoms with E-state index >= 15 is 0 Å². The number of hydrogen-bond donors (Lipinski definition) is 0. The average Bonchev–Trinajstić information content (AvgIpc) is 3.53. The van der Waals surface area contributed by atoms with Gasteiger partial charge in [-0.05, 0) is 42.7 Å². The van der Waals surface area contributed by atoms with Gasteiger partial charge in [0.25, 0.3) is 0 Å². The third-order valence-corrected chi connectivity index (χ3v) is 5.24. The summed E-state index contributed by atoms with van der Waals surface area (Å²) in [7, 11) is 0. The molecular formula is C20H21ClN4O. The summed E-state index contributed by atoms with van der Waals surface area (Å²) < 4.78 is 0. The molecule has 1 saturated heterocycles. The van der Waals surface area contributed by atoms with Crippen molar-refractivity contribution in [2.75, 3.05) is 31.1 Å². The average molecular weight is 369 g/mol. The quantitative estimate of drug-likeness (QED) is 0.776. The Morgan fingerprint density at radius 3 is 2.46 bits per heavy atom.